The van der Waals surface area contributed by atoms with Crippen LogP contribution in [0.3, 0.4) is 0 Å². The molecule has 2 heterocycles. The fourth-order valence-corrected chi connectivity index (χ4v) is 3.83. The van der Waals surface area contributed by atoms with Crippen molar-refractivity contribution < 1.29 is 9.59 Å². The van der Waals surface area contributed by atoms with E-state index in [2.05, 4.69) is 17.3 Å². The molecule has 3 aromatic rings. The van der Waals surface area contributed by atoms with Gasteiger partial charge in [-0.25, -0.2) is 4.68 Å². The third-order valence-electron chi connectivity index (χ3n) is 5.45. The molecule has 2 aromatic carbocycles. The minimum atomic E-state index is -0.442. The number of fused-ring (bicyclic) bond motifs is 1. The van der Waals surface area contributed by atoms with E-state index >= 15 is 0 Å². The number of carbonyl (C=O) groups is 2. The van der Waals surface area contributed by atoms with Crippen LogP contribution < -0.4 is 15.8 Å². The highest BCUT2D eigenvalue weighted by Gasteiger charge is 2.32. The topological polar surface area (TPSA) is 84.3 Å². The Balaban J connectivity index is 1.52. The molecular weight excluding hydrogens is 392 g/mol. The van der Waals surface area contributed by atoms with E-state index in [1.165, 1.54) is 17.7 Å². The number of aromatic nitrogens is 2. The zero-order valence-corrected chi connectivity index (χ0v) is 17.5. The lowest BCUT2D eigenvalue weighted by Crippen LogP contribution is -2.38. The number of amides is 2. The van der Waals surface area contributed by atoms with Crippen LogP contribution in [0, 0.1) is 0 Å². The third-order valence-corrected chi connectivity index (χ3v) is 5.45. The van der Waals surface area contributed by atoms with Gasteiger partial charge in [-0.3, -0.25) is 14.4 Å². The molecule has 4 rings (SSSR count). The first-order valence-electron chi connectivity index (χ1n) is 10.3. The van der Waals surface area contributed by atoms with Crippen molar-refractivity contribution in [2.75, 3.05) is 10.2 Å². The monoisotopic (exact) mass is 416 g/mol. The standard InChI is InChI=1S/C24H24N4O3/c1-3-17-8-10-19(11-9-17)25-22(29)15-27-23(30)13-12-20(26-27)24(31)28-16(2)14-18-6-4-5-7-21(18)28/h4-13,16H,3,14-15H2,1-2H3,(H,25,29)/t16-/m1/s1. The fourth-order valence-electron chi connectivity index (χ4n) is 3.83. The highest BCUT2D eigenvalue weighted by atomic mass is 16.2. The maximum absolute atomic E-state index is 13.2. The molecule has 0 fully saturated rings. The second kappa shape index (κ2) is 8.55. The zero-order valence-electron chi connectivity index (χ0n) is 17.5. The van der Waals surface area contributed by atoms with Crippen LogP contribution in [0.25, 0.3) is 0 Å². The number of anilines is 2. The fraction of sp³-hybridized carbons (Fsp3) is 0.250. The highest BCUT2D eigenvalue weighted by Crippen LogP contribution is 2.32. The Morgan fingerprint density at radius 1 is 1.06 bits per heavy atom. The first-order chi connectivity index (χ1) is 15.0. The lowest BCUT2D eigenvalue weighted by atomic mass is 10.1. The van der Waals surface area contributed by atoms with Crippen LogP contribution in [0.2, 0.25) is 0 Å². The van der Waals surface area contributed by atoms with E-state index in [0.29, 0.717) is 5.69 Å². The molecule has 1 atom stereocenters. The number of para-hydroxylation sites is 1. The van der Waals surface area contributed by atoms with Gasteiger partial charge in [-0.1, -0.05) is 37.3 Å². The van der Waals surface area contributed by atoms with Crippen molar-refractivity contribution in [1.29, 1.82) is 0 Å². The summed E-state index contributed by atoms with van der Waals surface area (Å²) in [5.41, 5.74) is 3.45. The van der Waals surface area contributed by atoms with Crippen molar-refractivity contribution in [3.8, 4) is 0 Å². The lowest BCUT2D eigenvalue weighted by Gasteiger charge is -2.22. The minimum Gasteiger partial charge on any atom is -0.324 e. The molecular formula is C24H24N4O3. The first-order valence-corrected chi connectivity index (χ1v) is 10.3. The lowest BCUT2D eigenvalue weighted by molar-refractivity contribution is -0.117. The summed E-state index contributed by atoms with van der Waals surface area (Å²) in [6.45, 7) is 3.76. The maximum Gasteiger partial charge on any atom is 0.278 e. The van der Waals surface area contributed by atoms with Gasteiger partial charge in [0.05, 0.1) is 0 Å². The molecule has 0 spiro atoms. The van der Waals surface area contributed by atoms with E-state index in [-0.39, 0.29) is 30.1 Å². The van der Waals surface area contributed by atoms with Crippen molar-refractivity contribution in [2.45, 2.75) is 39.3 Å². The van der Waals surface area contributed by atoms with Gasteiger partial charge in [0.2, 0.25) is 5.91 Å². The second-order valence-electron chi connectivity index (χ2n) is 7.67. The number of nitrogens with one attached hydrogen (secondary N) is 1. The predicted octanol–water partition coefficient (Wildman–Crippen LogP) is 3.04. The maximum atomic E-state index is 13.2. The van der Waals surface area contributed by atoms with Gasteiger partial charge >= 0.3 is 0 Å². The molecule has 1 aromatic heterocycles. The molecule has 7 heteroatoms. The smallest absolute Gasteiger partial charge is 0.278 e. The average Bonchev–Trinajstić information content (AvgIpc) is 3.11. The van der Waals surface area contributed by atoms with Crippen LogP contribution in [0.15, 0.2) is 65.5 Å². The molecule has 2 amide bonds. The SMILES string of the molecule is CCc1ccc(NC(=O)Cn2nc(C(=O)N3c4ccccc4C[C@H]3C)ccc2=O)cc1. The van der Waals surface area contributed by atoms with Crippen molar-refractivity contribution in [3.05, 3.63) is 87.8 Å². The number of carbonyl (C=O) groups excluding carboxylic acids is 2. The number of hydrogen-bond acceptors (Lipinski definition) is 4. The predicted molar refractivity (Wildman–Crippen MR) is 119 cm³/mol. The molecule has 1 aliphatic rings. The van der Waals surface area contributed by atoms with Crippen LogP contribution in [0.5, 0.6) is 0 Å². The Morgan fingerprint density at radius 3 is 2.55 bits per heavy atom. The number of nitrogens with zero attached hydrogens (tertiary/aromatic N) is 3. The Labute approximate surface area is 180 Å². The summed E-state index contributed by atoms with van der Waals surface area (Å²) in [5, 5.41) is 6.94. The summed E-state index contributed by atoms with van der Waals surface area (Å²) < 4.78 is 1.02. The van der Waals surface area contributed by atoms with Crippen LogP contribution >= 0.6 is 0 Å². The van der Waals surface area contributed by atoms with Gasteiger partial charge in [-0.05, 0) is 55.2 Å². The Kier molecular flexibility index (Phi) is 5.66. The largest absolute Gasteiger partial charge is 0.324 e. The van der Waals surface area contributed by atoms with Crippen LogP contribution in [0.1, 0.15) is 35.5 Å². The molecule has 158 valence electrons. The van der Waals surface area contributed by atoms with Gasteiger partial charge in [-0.2, -0.15) is 5.10 Å². The molecule has 0 saturated carbocycles. The molecule has 1 aliphatic heterocycles. The van der Waals surface area contributed by atoms with Gasteiger partial charge in [0.1, 0.15) is 12.2 Å². The van der Waals surface area contributed by atoms with E-state index in [1.807, 2.05) is 55.5 Å². The summed E-state index contributed by atoms with van der Waals surface area (Å²) >= 11 is 0. The van der Waals surface area contributed by atoms with Gasteiger partial charge in [-0.15, -0.1) is 0 Å². The summed E-state index contributed by atoms with van der Waals surface area (Å²) in [5.74, 6) is -0.676. The Hall–Kier alpha value is -3.74. The van der Waals surface area contributed by atoms with Crippen LogP contribution in [-0.4, -0.2) is 27.6 Å². The van der Waals surface area contributed by atoms with E-state index in [1.54, 1.807) is 4.90 Å². The molecule has 1 N–H and O–H groups in total. The van der Waals surface area contributed by atoms with Crippen molar-refractivity contribution in [2.24, 2.45) is 0 Å². The quantitative estimate of drug-likeness (QED) is 0.693. The summed E-state index contributed by atoms with van der Waals surface area (Å²) in [4.78, 5) is 39.5. The normalized spacial score (nSPS) is 14.9. The van der Waals surface area contributed by atoms with Gasteiger partial charge in [0.25, 0.3) is 11.5 Å². The summed E-state index contributed by atoms with van der Waals surface area (Å²) in [6, 6.07) is 17.9. The number of benzene rings is 2. The van der Waals surface area contributed by atoms with Gasteiger partial charge in [0, 0.05) is 23.5 Å². The number of aryl methyl sites for hydroxylation is 1. The molecule has 0 aliphatic carbocycles. The number of hydrogen-bond donors (Lipinski definition) is 1. The highest BCUT2D eigenvalue weighted by molar-refractivity contribution is 6.06. The summed E-state index contributed by atoms with van der Waals surface area (Å²) in [6.07, 6.45) is 1.68. The second-order valence-corrected chi connectivity index (χ2v) is 7.67. The summed E-state index contributed by atoms with van der Waals surface area (Å²) in [7, 11) is 0. The van der Waals surface area contributed by atoms with Gasteiger partial charge in [0.15, 0.2) is 0 Å². The molecule has 0 radical (unpaired) electrons. The Bertz CT molecular complexity index is 1180. The molecule has 31 heavy (non-hydrogen) atoms. The van der Waals surface area contributed by atoms with E-state index in [9.17, 15) is 14.4 Å². The molecule has 0 saturated heterocycles. The van der Waals surface area contributed by atoms with Crippen molar-refractivity contribution in [3.63, 3.8) is 0 Å². The van der Waals surface area contributed by atoms with E-state index in [4.69, 9.17) is 0 Å². The first kappa shape index (κ1) is 20.5. The van der Waals surface area contributed by atoms with E-state index in [0.717, 1.165) is 28.8 Å². The molecule has 0 unspecified atom stereocenters. The minimum absolute atomic E-state index is 0.0125. The van der Waals surface area contributed by atoms with Crippen molar-refractivity contribution in [1.82, 2.24) is 9.78 Å². The van der Waals surface area contributed by atoms with E-state index < -0.39 is 5.56 Å². The average molecular weight is 416 g/mol. The van der Waals surface area contributed by atoms with Crippen LogP contribution in [-0.2, 0) is 24.2 Å². The van der Waals surface area contributed by atoms with Gasteiger partial charge < -0.3 is 10.2 Å². The van der Waals surface area contributed by atoms with Crippen molar-refractivity contribution >= 4 is 23.2 Å². The zero-order chi connectivity index (χ0) is 22.0. The Morgan fingerprint density at radius 2 is 1.81 bits per heavy atom. The van der Waals surface area contributed by atoms with Crippen LogP contribution in [0.4, 0.5) is 11.4 Å². The molecule has 0 bridgehead atoms. The number of rotatable bonds is 5. The third kappa shape index (κ3) is 4.26. The molecule has 7 nitrogen and oxygen atoms in total.